The van der Waals surface area contributed by atoms with Gasteiger partial charge in [0, 0.05) is 18.9 Å². The molecular weight excluding hydrogens is 112 g/mol. The van der Waals surface area contributed by atoms with Crippen molar-refractivity contribution >= 4 is 0 Å². The number of aryl methyl sites for hydroxylation is 2. The van der Waals surface area contributed by atoms with Gasteiger partial charge in [0.15, 0.2) is 0 Å². The largest absolute Gasteiger partial charge is 0.353 e. The molecule has 1 rings (SSSR count). The Labute approximate surface area is 54.3 Å². The van der Waals surface area contributed by atoms with E-state index in [0.717, 1.165) is 11.3 Å². The van der Waals surface area contributed by atoms with E-state index in [9.17, 15) is 0 Å². The number of rotatable bonds is 0. The van der Waals surface area contributed by atoms with E-state index < -0.39 is 0 Å². The predicted octanol–water partition coefficient (Wildman–Crippen LogP) is 1.21. The Kier molecular flexibility index (Phi) is 1.27. The first-order valence-corrected chi connectivity index (χ1v) is 2.77. The van der Waals surface area contributed by atoms with Crippen LogP contribution in [0.2, 0.25) is 0 Å². The van der Waals surface area contributed by atoms with Crippen molar-refractivity contribution in [2.75, 3.05) is 0 Å². The quantitative estimate of drug-likeness (QED) is 0.505. The van der Waals surface area contributed by atoms with Crippen molar-refractivity contribution in [2.45, 2.75) is 6.92 Å². The molecule has 9 heavy (non-hydrogen) atoms. The van der Waals surface area contributed by atoms with Crippen LogP contribution in [0.4, 0.5) is 0 Å². The second-order valence-electron chi connectivity index (χ2n) is 2.09. The topological polar surface area (TPSA) is 28.7 Å². The first kappa shape index (κ1) is 5.90. The summed E-state index contributed by atoms with van der Waals surface area (Å²) in [5.74, 6) is 0. The third-order valence-electron chi connectivity index (χ3n) is 1.38. The van der Waals surface area contributed by atoms with Gasteiger partial charge in [0.25, 0.3) is 0 Å². The van der Waals surface area contributed by atoms with Crippen LogP contribution in [0.15, 0.2) is 12.3 Å². The van der Waals surface area contributed by atoms with Crippen molar-refractivity contribution < 1.29 is 0 Å². The summed E-state index contributed by atoms with van der Waals surface area (Å²) in [6.45, 7) is 1.97. The van der Waals surface area contributed by atoms with E-state index in [-0.39, 0.29) is 0 Å². The number of hydrogen-bond donors (Lipinski definition) is 0. The molecule has 0 atom stereocenters. The van der Waals surface area contributed by atoms with Crippen LogP contribution in [0, 0.1) is 18.3 Å². The standard InChI is InChI=1S/C7H8N2/c1-6-3-7(4-8)5-9(6)2/h3,5H,1-2H3. The molecule has 0 saturated heterocycles. The van der Waals surface area contributed by atoms with Gasteiger partial charge in [-0.05, 0) is 13.0 Å². The summed E-state index contributed by atoms with van der Waals surface area (Å²) in [7, 11) is 1.93. The highest BCUT2D eigenvalue weighted by Crippen LogP contribution is 2.02. The minimum atomic E-state index is 0.731. The van der Waals surface area contributed by atoms with Crippen molar-refractivity contribution in [3.63, 3.8) is 0 Å². The SMILES string of the molecule is Cc1cc(C#N)cn1C. The Morgan fingerprint density at radius 2 is 2.33 bits per heavy atom. The first-order chi connectivity index (χ1) is 4.24. The van der Waals surface area contributed by atoms with Crippen LogP contribution in [0.1, 0.15) is 11.3 Å². The fourth-order valence-electron chi connectivity index (χ4n) is 0.736. The minimum Gasteiger partial charge on any atom is -0.353 e. The van der Waals surface area contributed by atoms with Gasteiger partial charge < -0.3 is 4.57 Å². The van der Waals surface area contributed by atoms with Crippen LogP contribution >= 0.6 is 0 Å². The number of hydrogen-bond acceptors (Lipinski definition) is 1. The predicted molar refractivity (Wildman–Crippen MR) is 34.9 cm³/mol. The van der Waals surface area contributed by atoms with E-state index in [1.54, 1.807) is 0 Å². The fourth-order valence-corrected chi connectivity index (χ4v) is 0.736. The lowest BCUT2D eigenvalue weighted by Gasteiger charge is -1.89. The molecule has 0 N–H and O–H groups in total. The zero-order valence-electron chi connectivity index (χ0n) is 5.55. The molecule has 1 aromatic heterocycles. The molecule has 46 valence electrons. The smallest absolute Gasteiger partial charge is 0.101 e. The van der Waals surface area contributed by atoms with Gasteiger partial charge in [-0.3, -0.25) is 0 Å². The highest BCUT2D eigenvalue weighted by Gasteiger charge is 1.94. The molecule has 2 nitrogen and oxygen atoms in total. The Balaban J connectivity index is 3.16. The van der Waals surface area contributed by atoms with Gasteiger partial charge in [-0.25, -0.2) is 0 Å². The summed E-state index contributed by atoms with van der Waals surface area (Å²) < 4.78 is 1.93. The van der Waals surface area contributed by atoms with E-state index in [4.69, 9.17) is 5.26 Å². The molecule has 0 aliphatic heterocycles. The molecular formula is C7H8N2. The van der Waals surface area contributed by atoms with Gasteiger partial charge in [-0.1, -0.05) is 0 Å². The molecule has 0 aliphatic rings. The highest BCUT2D eigenvalue weighted by molar-refractivity contribution is 5.29. The number of nitriles is 1. The van der Waals surface area contributed by atoms with Gasteiger partial charge in [0.1, 0.15) is 6.07 Å². The van der Waals surface area contributed by atoms with Gasteiger partial charge in [-0.15, -0.1) is 0 Å². The highest BCUT2D eigenvalue weighted by atomic mass is 14.9. The van der Waals surface area contributed by atoms with Crippen LogP contribution in [-0.4, -0.2) is 4.57 Å². The molecule has 0 fully saturated rings. The monoisotopic (exact) mass is 120 g/mol. The summed E-state index contributed by atoms with van der Waals surface area (Å²) in [4.78, 5) is 0. The number of aromatic nitrogens is 1. The van der Waals surface area contributed by atoms with Gasteiger partial charge >= 0.3 is 0 Å². The molecule has 0 spiro atoms. The molecule has 0 bridgehead atoms. The second-order valence-corrected chi connectivity index (χ2v) is 2.09. The van der Waals surface area contributed by atoms with Crippen LogP contribution in [-0.2, 0) is 7.05 Å². The van der Waals surface area contributed by atoms with E-state index in [1.807, 2.05) is 30.8 Å². The van der Waals surface area contributed by atoms with Crippen LogP contribution in [0.25, 0.3) is 0 Å². The first-order valence-electron chi connectivity index (χ1n) is 2.77. The summed E-state index contributed by atoms with van der Waals surface area (Å²) >= 11 is 0. The van der Waals surface area contributed by atoms with Crippen molar-refractivity contribution in [3.05, 3.63) is 23.5 Å². The second kappa shape index (κ2) is 1.94. The molecule has 1 heterocycles. The Bertz CT molecular complexity index is 233. The van der Waals surface area contributed by atoms with Gasteiger partial charge in [0.2, 0.25) is 0 Å². The van der Waals surface area contributed by atoms with Crippen molar-refractivity contribution in [1.29, 1.82) is 5.26 Å². The maximum absolute atomic E-state index is 8.41. The Morgan fingerprint density at radius 3 is 2.56 bits per heavy atom. The maximum atomic E-state index is 8.41. The molecule has 0 aliphatic carbocycles. The lowest BCUT2D eigenvalue weighted by atomic mass is 10.3. The average Bonchev–Trinajstić information content (AvgIpc) is 2.13. The molecule has 0 unspecified atom stereocenters. The van der Waals surface area contributed by atoms with Crippen LogP contribution in [0.3, 0.4) is 0 Å². The van der Waals surface area contributed by atoms with Crippen molar-refractivity contribution in [3.8, 4) is 6.07 Å². The zero-order valence-corrected chi connectivity index (χ0v) is 5.55. The normalized spacial score (nSPS) is 9.00. The minimum absolute atomic E-state index is 0.731. The lowest BCUT2D eigenvalue weighted by Crippen LogP contribution is -1.85. The Hall–Kier alpha value is -1.23. The molecule has 0 aromatic carbocycles. The van der Waals surface area contributed by atoms with Crippen molar-refractivity contribution in [2.24, 2.45) is 7.05 Å². The van der Waals surface area contributed by atoms with E-state index in [2.05, 4.69) is 6.07 Å². The lowest BCUT2D eigenvalue weighted by molar-refractivity contribution is 0.882. The van der Waals surface area contributed by atoms with Crippen LogP contribution < -0.4 is 0 Å². The van der Waals surface area contributed by atoms with E-state index in [1.165, 1.54) is 0 Å². The van der Waals surface area contributed by atoms with Gasteiger partial charge in [0.05, 0.1) is 5.56 Å². The third-order valence-corrected chi connectivity index (χ3v) is 1.38. The van der Waals surface area contributed by atoms with Gasteiger partial charge in [-0.2, -0.15) is 5.26 Å². The molecule has 0 amide bonds. The van der Waals surface area contributed by atoms with E-state index in [0.29, 0.717) is 0 Å². The fraction of sp³-hybridized carbons (Fsp3) is 0.286. The summed E-state index contributed by atoms with van der Waals surface area (Å²) in [5.41, 5.74) is 1.85. The molecule has 0 saturated carbocycles. The average molecular weight is 120 g/mol. The molecule has 1 aromatic rings. The number of nitrogens with zero attached hydrogens (tertiary/aromatic N) is 2. The third kappa shape index (κ3) is 0.945. The summed E-state index contributed by atoms with van der Waals surface area (Å²) in [6, 6.07) is 3.93. The maximum Gasteiger partial charge on any atom is 0.101 e. The zero-order chi connectivity index (χ0) is 6.85. The van der Waals surface area contributed by atoms with Crippen LogP contribution in [0.5, 0.6) is 0 Å². The Morgan fingerprint density at radius 1 is 1.67 bits per heavy atom. The molecule has 2 heteroatoms. The van der Waals surface area contributed by atoms with Crippen molar-refractivity contribution in [1.82, 2.24) is 4.57 Å². The summed E-state index contributed by atoms with van der Waals surface area (Å²) in [5, 5.41) is 8.41. The van der Waals surface area contributed by atoms with E-state index >= 15 is 0 Å². The summed E-state index contributed by atoms with van der Waals surface area (Å²) in [6.07, 6.45) is 1.81. The molecule has 0 radical (unpaired) electrons.